The van der Waals surface area contributed by atoms with Crippen LogP contribution in [0, 0.1) is 0 Å². The molecule has 2 N–H and O–H groups in total. The van der Waals surface area contributed by atoms with Gasteiger partial charge in [0.15, 0.2) is 0 Å². The maximum atomic E-state index is 12.5. The predicted molar refractivity (Wildman–Crippen MR) is 107 cm³/mol. The number of amidine groups is 1. The first-order valence-electron chi connectivity index (χ1n) is 9.05. The zero-order valence-electron chi connectivity index (χ0n) is 15.1. The van der Waals surface area contributed by atoms with E-state index in [4.69, 9.17) is 4.99 Å². The molecule has 0 atom stereocenters. The van der Waals surface area contributed by atoms with Crippen molar-refractivity contribution < 1.29 is 17.9 Å². The average molecular weight is 407 g/mol. The molecular weight excluding hydrogens is 387 g/mol. The van der Waals surface area contributed by atoms with Gasteiger partial charge in [-0.3, -0.25) is 4.99 Å². The van der Waals surface area contributed by atoms with E-state index in [2.05, 4.69) is 15.4 Å². The van der Waals surface area contributed by atoms with Crippen molar-refractivity contribution in [3.05, 3.63) is 54.1 Å². The van der Waals surface area contributed by atoms with Crippen LogP contribution in [0.4, 0.5) is 24.5 Å². The van der Waals surface area contributed by atoms with Gasteiger partial charge in [-0.05, 0) is 54.2 Å². The number of ether oxygens (including phenoxy) is 1. The zero-order valence-corrected chi connectivity index (χ0v) is 15.9. The predicted octanol–water partition coefficient (Wildman–Crippen LogP) is 5.29. The van der Waals surface area contributed by atoms with Crippen LogP contribution in [0.3, 0.4) is 0 Å². The summed E-state index contributed by atoms with van der Waals surface area (Å²) in [6.45, 7) is 0.274. The van der Waals surface area contributed by atoms with E-state index in [1.165, 1.54) is 12.1 Å². The number of hydrogen-bond donors (Lipinski definition) is 2. The van der Waals surface area contributed by atoms with Crippen LogP contribution in [-0.2, 0) is 6.54 Å². The third kappa shape index (κ3) is 4.22. The number of hydrogen-bond acceptors (Lipinski definition) is 4. The molecule has 0 radical (unpaired) electrons. The Kier molecular flexibility index (Phi) is 5.14. The monoisotopic (exact) mass is 407 g/mol. The van der Waals surface area contributed by atoms with Gasteiger partial charge in [-0.1, -0.05) is 24.3 Å². The number of anilines is 2. The number of halogens is 3. The largest absolute Gasteiger partial charge is 0.573 e. The minimum absolute atomic E-state index is 0.228. The summed E-state index contributed by atoms with van der Waals surface area (Å²) in [5, 5.41) is 7.11. The topological polar surface area (TPSA) is 45.6 Å². The number of alkyl halides is 3. The second-order valence-electron chi connectivity index (χ2n) is 6.85. The van der Waals surface area contributed by atoms with E-state index in [9.17, 15) is 13.2 Å². The van der Waals surface area contributed by atoms with Gasteiger partial charge in [0.2, 0.25) is 0 Å². The second-order valence-corrected chi connectivity index (χ2v) is 8.07. The van der Waals surface area contributed by atoms with Crippen LogP contribution in [-0.4, -0.2) is 29.2 Å². The molecule has 148 valence electrons. The van der Waals surface area contributed by atoms with Crippen molar-refractivity contribution in [2.75, 3.05) is 22.1 Å². The summed E-state index contributed by atoms with van der Waals surface area (Å²) in [6.07, 6.45) is -2.82. The van der Waals surface area contributed by atoms with Crippen molar-refractivity contribution in [1.29, 1.82) is 0 Å². The number of para-hydroxylation sites is 2. The average Bonchev–Trinajstić information content (AvgIpc) is 2.66. The fraction of sp³-hybridized carbons (Fsp3) is 0.350. The lowest BCUT2D eigenvalue weighted by Crippen LogP contribution is -2.54. The molecule has 0 amide bonds. The van der Waals surface area contributed by atoms with E-state index in [0.717, 1.165) is 41.6 Å². The molecule has 1 saturated heterocycles. The molecule has 0 aromatic heterocycles. The summed E-state index contributed by atoms with van der Waals surface area (Å²) in [6, 6.07) is 13.9. The van der Waals surface area contributed by atoms with E-state index < -0.39 is 6.36 Å². The fourth-order valence-corrected chi connectivity index (χ4v) is 4.74. The van der Waals surface area contributed by atoms with Crippen LogP contribution in [0.1, 0.15) is 18.4 Å². The van der Waals surface area contributed by atoms with Crippen molar-refractivity contribution in [1.82, 2.24) is 0 Å². The Labute approximate surface area is 165 Å². The van der Waals surface area contributed by atoms with Gasteiger partial charge < -0.3 is 15.4 Å². The minimum atomic E-state index is -4.70. The number of aliphatic imine (C=N–C) groups is 1. The van der Waals surface area contributed by atoms with Gasteiger partial charge in [-0.2, -0.15) is 11.8 Å². The van der Waals surface area contributed by atoms with Crippen molar-refractivity contribution in [3.63, 3.8) is 0 Å². The molecule has 28 heavy (non-hydrogen) atoms. The van der Waals surface area contributed by atoms with Gasteiger partial charge in [0, 0.05) is 0 Å². The molecule has 0 unspecified atom stereocenters. The van der Waals surface area contributed by atoms with Crippen molar-refractivity contribution in [3.8, 4) is 5.75 Å². The molecule has 0 aliphatic carbocycles. The normalized spacial score (nSPS) is 19.6. The molecule has 0 bridgehead atoms. The van der Waals surface area contributed by atoms with E-state index in [-0.39, 0.29) is 17.8 Å². The van der Waals surface area contributed by atoms with Crippen LogP contribution < -0.4 is 15.4 Å². The quantitative estimate of drug-likeness (QED) is 0.726. The highest BCUT2D eigenvalue weighted by Crippen LogP contribution is 2.38. The smallest absolute Gasteiger partial charge is 0.406 e. The van der Waals surface area contributed by atoms with E-state index in [0.29, 0.717) is 5.56 Å². The third-order valence-corrected chi connectivity index (χ3v) is 5.89. The number of rotatable bonds is 3. The highest BCUT2D eigenvalue weighted by Gasteiger charge is 2.41. The second kappa shape index (κ2) is 7.58. The van der Waals surface area contributed by atoms with Crippen LogP contribution in [0.15, 0.2) is 53.5 Å². The Morgan fingerprint density at radius 1 is 1.04 bits per heavy atom. The first-order chi connectivity index (χ1) is 13.4. The van der Waals surface area contributed by atoms with Crippen LogP contribution >= 0.6 is 11.8 Å². The molecular formula is C20H20F3N3OS. The van der Waals surface area contributed by atoms with E-state index in [1.54, 1.807) is 12.1 Å². The fourth-order valence-electron chi connectivity index (χ4n) is 3.55. The molecule has 8 heteroatoms. The summed E-state index contributed by atoms with van der Waals surface area (Å²) < 4.78 is 41.4. The lowest BCUT2D eigenvalue weighted by atomic mass is 9.87. The van der Waals surface area contributed by atoms with Crippen LogP contribution in [0.25, 0.3) is 0 Å². The minimum Gasteiger partial charge on any atom is -0.406 e. The van der Waals surface area contributed by atoms with Crippen molar-refractivity contribution in [2.24, 2.45) is 4.99 Å². The first-order valence-corrected chi connectivity index (χ1v) is 10.2. The number of benzene rings is 2. The summed E-state index contributed by atoms with van der Waals surface area (Å²) in [5.74, 6) is 2.68. The number of fused-ring (bicyclic) bond motifs is 1. The highest BCUT2D eigenvalue weighted by molar-refractivity contribution is 7.99. The van der Waals surface area contributed by atoms with Gasteiger partial charge in [-0.15, -0.1) is 13.2 Å². The van der Waals surface area contributed by atoms with Crippen molar-refractivity contribution in [2.45, 2.75) is 31.3 Å². The Morgan fingerprint density at radius 3 is 2.54 bits per heavy atom. The lowest BCUT2D eigenvalue weighted by molar-refractivity contribution is -0.274. The first kappa shape index (κ1) is 19.0. The standard InChI is InChI=1S/C20H20F3N3OS/c21-20(22,23)27-15-5-3-4-14(12-15)13-24-18-19(8-10-28-11-9-19)26-17-7-2-1-6-16(17)25-18/h1-7,12,26H,8-11,13H2,(H,24,25). The van der Waals surface area contributed by atoms with Crippen molar-refractivity contribution >= 4 is 29.0 Å². The molecule has 2 aliphatic rings. The Hall–Kier alpha value is -2.35. The Morgan fingerprint density at radius 2 is 1.79 bits per heavy atom. The molecule has 4 nitrogen and oxygen atoms in total. The van der Waals surface area contributed by atoms with Gasteiger partial charge >= 0.3 is 6.36 Å². The van der Waals surface area contributed by atoms with Gasteiger partial charge in [0.1, 0.15) is 11.6 Å². The molecule has 2 aliphatic heterocycles. The molecule has 0 saturated carbocycles. The molecule has 1 fully saturated rings. The van der Waals surface area contributed by atoms with Crippen LogP contribution in [0.5, 0.6) is 5.75 Å². The maximum Gasteiger partial charge on any atom is 0.573 e. The molecule has 2 heterocycles. The number of nitrogens with one attached hydrogen (secondary N) is 2. The summed E-state index contributed by atoms with van der Waals surface area (Å²) >= 11 is 1.92. The molecule has 1 spiro atoms. The van der Waals surface area contributed by atoms with E-state index >= 15 is 0 Å². The summed E-state index contributed by atoms with van der Waals surface area (Å²) in [7, 11) is 0. The van der Waals surface area contributed by atoms with E-state index in [1.807, 2.05) is 36.0 Å². The lowest BCUT2D eigenvalue weighted by Gasteiger charge is -2.43. The maximum absolute atomic E-state index is 12.5. The van der Waals surface area contributed by atoms with Gasteiger partial charge in [0.05, 0.1) is 23.5 Å². The van der Waals surface area contributed by atoms with Gasteiger partial charge in [0.25, 0.3) is 0 Å². The molecule has 2 aromatic carbocycles. The number of thioether (sulfide) groups is 1. The third-order valence-electron chi connectivity index (χ3n) is 4.91. The molecule has 4 rings (SSSR count). The zero-order chi connectivity index (χ0) is 19.6. The Balaban J connectivity index is 1.59. The Bertz CT molecular complexity index is 879. The molecule has 2 aromatic rings. The van der Waals surface area contributed by atoms with Crippen LogP contribution in [0.2, 0.25) is 0 Å². The summed E-state index contributed by atoms with van der Waals surface area (Å²) in [5.41, 5.74) is 2.41. The summed E-state index contributed by atoms with van der Waals surface area (Å²) in [4.78, 5) is 4.76. The highest BCUT2D eigenvalue weighted by atomic mass is 32.2. The van der Waals surface area contributed by atoms with Gasteiger partial charge in [-0.25, -0.2) is 0 Å². The SMILES string of the molecule is FC(F)(F)Oc1cccc(CN=C2Nc3ccccc3NC23CCSCC3)c1. The number of nitrogens with zero attached hydrogens (tertiary/aromatic N) is 1.